The van der Waals surface area contributed by atoms with E-state index in [0.717, 1.165) is 25.7 Å². The minimum absolute atomic E-state index is 0.120. The summed E-state index contributed by atoms with van der Waals surface area (Å²) in [5, 5.41) is 0. The Kier molecular flexibility index (Phi) is 5.42. The minimum atomic E-state index is -0.282. The normalized spacial score (nSPS) is 18.4. The Hall–Kier alpha value is -1.09. The van der Waals surface area contributed by atoms with Crippen LogP contribution >= 0.6 is 0 Å². The highest BCUT2D eigenvalue weighted by molar-refractivity contribution is 5.77. The van der Waals surface area contributed by atoms with E-state index in [4.69, 9.17) is 5.73 Å². The van der Waals surface area contributed by atoms with E-state index >= 15 is 0 Å². The first kappa shape index (κ1) is 14.0. The average molecular weight is 236 g/mol. The van der Waals surface area contributed by atoms with E-state index in [1.54, 1.807) is 17.1 Å². The number of nitrogens with two attached hydrogens (primary N) is 1. The number of nitrogens with zero attached hydrogens (tertiary/aromatic N) is 1. The molecular weight excluding hydrogens is 212 g/mol. The summed E-state index contributed by atoms with van der Waals surface area (Å²) in [7, 11) is 0. The highest BCUT2D eigenvalue weighted by Crippen LogP contribution is 2.29. The van der Waals surface area contributed by atoms with Gasteiger partial charge in [-0.15, -0.1) is 13.2 Å². The number of rotatable bonds is 6. The zero-order valence-electron chi connectivity index (χ0n) is 10.7. The van der Waals surface area contributed by atoms with Gasteiger partial charge in [0.1, 0.15) is 0 Å². The Morgan fingerprint density at radius 1 is 1.18 bits per heavy atom. The molecule has 0 saturated heterocycles. The summed E-state index contributed by atoms with van der Waals surface area (Å²) in [6.07, 6.45) is 9.41. The van der Waals surface area contributed by atoms with E-state index in [0.29, 0.717) is 19.5 Å². The molecule has 96 valence electrons. The van der Waals surface area contributed by atoms with Crippen molar-refractivity contribution in [1.82, 2.24) is 4.90 Å². The molecule has 0 atom stereocenters. The van der Waals surface area contributed by atoms with Crippen molar-refractivity contribution in [3.8, 4) is 0 Å². The molecule has 0 unspecified atom stereocenters. The summed E-state index contributed by atoms with van der Waals surface area (Å²) in [5.74, 6) is 0.120. The molecule has 1 aliphatic rings. The summed E-state index contributed by atoms with van der Waals surface area (Å²) >= 11 is 0. The standard InChI is InChI=1S/C14H24N2O/c1-3-10-16(11-4-2)13(17)12-14(15)8-6-5-7-9-14/h3-4H,1-2,5-12,15H2. The first-order chi connectivity index (χ1) is 8.11. The zero-order valence-corrected chi connectivity index (χ0v) is 10.7. The number of hydrogen-bond acceptors (Lipinski definition) is 2. The molecular formula is C14H24N2O. The van der Waals surface area contributed by atoms with E-state index in [9.17, 15) is 4.79 Å². The van der Waals surface area contributed by atoms with Gasteiger partial charge >= 0.3 is 0 Å². The number of carbonyl (C=O) groups is 1. The molecule has 0 radical (unpaired) electrons. The van der Waals surface area contributed by atoms with Crippen LogP contribution in [0.3, 0.4) is 0 Å². The van der Waals surface area contributed by atoms with E-state index in [2.05, 4.69) is 13.2 Å². The van der Waals surface area contributed by atoms with Gasteiger partial charge in [-0.25, -0.2) is 0 Å². The molecule has 2 N–H and O–H groups in total. The van der Waals surface area contributed by atoms with Crippen molar-refractivity contribution in [2.24, 2.45) is 5.73 Å². The highest BCUT2D eigenvalue weighted by atomic mass is 16.2. The summed E-state index contributed by atoms with van der Waals surface area (Å²) in [6.45, 7) is 8.48. The van der Waals surface area contributed by atoms with E-state index in [1.165, 1.54) is 6.42 Å². The molecule has 0 aromatic heterocycles. The molecule has 0 heterocycles. The van der Waals surface area contributed by atoms with Crippen LogP contribution in [0.15, 0.2) is 25.3 Å². The third kappa shape index (κ3) is 4.35. The Morgan fingerprint density at radius 3 is 2.18 bits per heavy atom. The first-order valence-corrected chi connectivity index (χ1v) is 6.40. The molecule has 0 aromatic rings. The molecule has 1 amide bonds. The second-order valence-electron chi connectivity index (χ2n) is 4.98. The van der Waals surface area contributed by atoms with Gasteiger partial charge in [-0.05, 0) is 12.8 Å². The number of carbonyl (C=O) groups excluding carboxylic acids is 1. The Labute approximate surface area is 104 Å². The Balaban J connectivity index is 2.54. The molecule has 3 heteroatoms. The second-order valence-corrected chi connectivity index (χ2v) is 4.98. The lowest BCUT2D eigenvalue weighted by atomic mass is 9.80. The maximum atomic E-state index is 12.1. The quantitative estimate of drug-likeness (QED) is 0.719. The number of amides is 1. The predicted molar refractivity (Wildman–Crippen MR) is 71.6 cm³/mol. The third-order valence-corrected chi connectivity index (χ3v) is 3.40. The molecule has 1 rings (SSSR count). The predicted octanol–water partition coefficient (Wildman–Crippen LogP) is 2.24. The van der Waals surface area contributed by atoms with Gasteiger partial charge in [-0.2, -0.15) is 0 Å². The summed E-state index contributed by atoms with van der Waals surface area (Å²) < 4.78 is 0. The molecule has 1 aliphatic carbocycles. The van der Waals surface area contributed by atoms with Gasteiger partial charge in [-0.3, -0.25) is 4.79 Å². The Morgan fingerprint density at radius 2 is 1.71 bits per heavy atom. The average Bonchev–Trinajstić information content (AvgIpc) is 2.29. The lowest BCUT2D eigenvalue weighted by molar-refractivity contribution is -0.131. The highest BCUT2D eigenvalue weighted by Gasteiger charge is 2.31. The van der Waals surface area contributed by atoms with Gasteiger partial charge in [-0.1, -0.05) is 31.4 Å². The van der Waals surface area contributed by atoms with E-state index in [-0.39, 0.29) is 11.4 Å². The third-order valence-electron chi connectivity index (χ3n) is 3.40. The van der Waals surface area contributed by atoms with Crippen LogP contribution in [0.4, 0.5) is 0 Å². The molecule has 3 nitrogen and oxygen atoms in total. The van der Waals surface area contributed by atoms with Crippen LogP contribution in [0, 0.1) is 0 Å². The van der Waals surface area contributed by atoms with Crippen LogP contribution in [0.5, 0.6) is 0 Å². The van der Waals surface area contributed by atoms with Crippen molar-refractivity contribution in [2.75, 3.05) is 13.1 Å². The van der Waals surface area contributed by atoms with Gasteiger partial charge in [0.2, 0.25) is 5.91 Å². The largest absolute Gasteiger partial charge is 0.335 e. The molecule has 0 aromatic carbocycles. The summed E-state index contributed by atoms with van der Waals surface area (Å²) in [4.78, 5) is 13.9. The fourth-order valence-corrected chi connectivity index (χ4v) is 2.44. The molecule has 17 heavy (non-hydrogen) atoms. The van der Waals surface area contributed by atoms with Gasteiger partial charge in [0.15, 0.2) is 0 Å². The van der Waals surface area contributed by atoms with Crippen molar-refractivity contribution in [3.05, 3.63) is 25.3 Å². The van der Waals surface area contributed by atoms with Crippen LogP contribution < -0.4 is 5.73 Å². The van der Waals surface area contributed by atoms with Crippen LogP contribution in [-0.2, 0) is 4.79 Å². The molecule has 1 saturated carbocycles. The molecule has 0 bridgehead atoms. The topological polar surface area (TPSA) is 46.3 Å². The van der Waals surface area contributed by atoms with Crippen LogP contribution in [0.1, 0.15) is 38.5 Å². The van der Waals surface area contributed by atoms with Crippen molar-refractivity contribution < 1.29 is 4.79 Å². The van der Waals surface area contributed by atoms with E-state index < -0.39 is 0 Å². The van der Waals surface area contributed by atoms with Crippen molar-refractivity contribution in [2.45, 2.75) is 44.1 Å². The van der Waals surface area contributed by atoms with Crippen molar-refractivity contribution in [1.29, 1.82) is 0 Å². The fourth-order valence-electron chi connectivity index (χ4n) is 2.44. The van der Waals surface area contributed by atoms with Gasteiger partial charge in [0, 0.05) is 25.0 Å². The summed E-state index contributed by atoms with van der Waals surface area (Å²) in [5.41, 5.74) is 6.01. The maximum Gasteiger partial charge on any atom is 0.224 e. The summed E-state index contributed by atoms with van der Waals surface area (Å²) in [6, 6.07) is 0. The lowest BCUT2D eigenvalue weighted by Gasteiger charge is -2.34. The van der Waals surface area contributed by atoms with Crippen molar-refractivity contribution >= 4 is 5.91 Å². The van der Waals surface area contributed by atoms with Crippen LogP contribution in [0.2, 0.25) is 0 Å². The monoisotopic (exact) mass is 236 g/mol. The zero-order chi connectivity index (χ0) is 12.7. The van der Waals surface area contributed by atoms with E-state index in [1.807, 2.05) is 0 Å². The molecule has 1 fully saturated rings. The van der Waals surface area contributed by atoms with Crippen LogP contribution in [-0.4, -0.2) is 29.4 Å². The number of hydrogen-bond donors (Lipinski definition) is 1. The van der Waals surface area contributed by atoms with Gasteiger partial charge < -0.3 is 10.6 Å². The molecule has 0 spiro atoms. The molecule has 0 aliphatic heterocycles. The van der Waals surface area contributed by atoms with Gasteiger partial charge in [0.05, 0.1) is 0 Å². The first-order valence-electron chi connectivity index (χ1n) is 6.40. The van der Waals surface area contributed by atoms with Crippen molar-refractivity contribution in [3.63, 3.8) is 0 Å². The Bertz CT molecular complexity index is 270. The second kappa shape index (κ2) is 6.60. The fraction of sp³-hybridized carbons (Fsp3) is 0.643. The SMILES string of the molecule is C=CCN(CC=C)C(=O)CC1(N)CCCCC1. The maximum absolute atomic E-state index is 12.1. The lowest BCUT2D eigenvalue weighted by Crippen LogP contribution is -2.47. The minimum Gasteiger partial charge on any atom is -0.335 e. The van der Waals surface area contributed by atoms with Gasteiger partial charge in [0.25, 0.3) is 0 Å². The smallest absolute Gasteiger partial charge is 0.224 e. The van der Waals surface area contributed by atoms with Crippen LogP contribution in [0.25, 0.3) is 0 Å².